The normalized spacial score (nSPS) is 16.0. The van der Waals surface area contributed by atoms with Gasteiger partial charge in [-0.3, -0.25) is 9.59 Å². The minimum absolute atomic E-state index is 0.0648. The van der Waals surface area contributed by atoms with E-state index in [4.69, 9.17) is 0 Å². The first kappa shape index (κ1) is 18.5. The molecule has 1 unspecified atom stereocenters. The summed E-state index contributed by atoms with van der Waals surface area (Å²) in [5.74, 6) is -2.32. The van der Waals surface area contributed by atoms with E-state index < -0.39 is 23.2 Å². The first-order chi connectivity index (χ1) is 14.4. The van der Waals surface area contributed by atoms with Gasteiger partial charge in [-0.1, -0.05) is 6.07 Å². The fraction of sp³-hybridized carbons (Fsp3) is 0.182. The van der Waals surface area contributed by atoms with Crippen molar-refractivity contribution < 1.29 is 13.6 Å². The molecule has 0 aliphatic carbocycles. The van der Waals surface area contributed by atoms with Gasteiger partial charge in [-0.05, 0) is 35.7 Å². The van der Waals surface area contributed by atoms with Crippen molar-refractivity contribution >= 4 is 22.2 Å². The Morgan fingerprint density at radius 2 is 1.93 bits per heavy atom. The highest BCUT2D eigenvalue weighted by atomic mass is 19.2. The van der Waals surface area contributed by atoms with Crippen LogP contribution in [0.4, 0.5) is 8.78 Å². The van der Waals surface area contributed by atoms with Crippen molar-refractivity contribution in [3.05, 3.63) is 87.6 Å². The molecule has 8 heteroatoms. The predicted octanol–water partition coefficient (Wildman–Crippen LogP) is 2.98. The average Bonchev–Trinajstić information content (AvgIpc) is 3.18. The van der Waals surface area contributed by atoms with Crippen LogP contribution < -0.4 is 10.9 Å². The van der Waals surface area contributed by atoms with Crippen molar-refractivity contribution in [2.24, 2.45) is 0 Å². The highest BCUT2D eigenvalue weighted by Gasteiger charge is 2.31. The molecule has 6 nitrogen and oxygen atoms in total. The number of benzene rings is 1. The zero-order valence-electron chi connectivity index (χ0n) is 16.1. The third-order valence-electron chi connectivity index (χ3n) is 5.70. The summed E-state index contributed by atoms with van der Waals surface area (Å²) in [6, 6.07) is 8.97. The van der Waals surface area contributed by atoms with E-state index in [0.717, 1.165) is 17.6 Å². The second-order valence-corrected chi connectivity index (χ2v) is 7.48. The maximum atomic E-state index is 14.0. The van der Waals surface area contributed by atoms with Gasteiger partial charge in [0.1, 0.15) is 0 Å². The van der Waals surface area contributed by atoms with E-state index in [1.54, 1.807) is 24.2 Å². The Bertz CT molecular complexity index is 1340. The summed E-state index contributed by atoms with van der Waals surface area (Å²) in [6.07, 6.45) is 3.62. The van der Waals surface area contributed by atoms with Crippen LogP contribution in [-0.4, -0.2) is 33.8 Å². The molecule has 4 heterocycles. The molecule has 0 fully saturated rings. The molecule has 3 aromatic heterocycles. The number of amides is 1. The van der Waals surface area contributed by atoms with Gasteiger partial charge in [0, 0.05) is 49.3 Å². The number of carbonyl (C=O) groups is 1. The molecule has 1 aliphatic rings. The number of pyridine rings is 2. The lowest BCUT2D eigenvalue weighted by Gasteiger charge is -2.34. The topological polar surface area (TPSA) is 69.6 Å². The number of hydrogen-bond donors (Lipinski definition) is 2. The van der Waals surface area contributed by atoms with Gasteiger partial charge in [0.25, 0.3) is 11.5 Å². The Balaban J connectivity index is 1.63. The number of halogens is 2. The Morgan fingerprint density at radius 1 is 1.17 bits per heavy atom. The van der Waals surface area contributed by atoms with E-state index in [0.29, 0.717) is 35.3 Å². The van der Waals surface area contributed by atoms with E-state index >= 15 is 0 Å². The largest absolute Gasteiger partial charge is 0.333 e. The molecular formula is C22H18F2N4O2. The molecule has 0 saturated heterocycles. The zero-order chi connectivity index (χ0) is 21.0. The first-order valence-corrected chi connectivity index (χ1v) is 9.52. The Labute approximate surface area is 169 Å². The maximum Gasteiger partial charge on any atom is 0.256 e. The highest BCUT2D eigenvalue weighted by molar-refractivity contribution is 5.96. The minimum atomic E-state index is -1.08. The van der Waals surface area contributed by atoms with Crippen LogP contribution in [0.15, 0.2) is 53.6 Å². The van der Waals surface area contributed by atoms with E-state index in [2.05, 4.69) is 10.3 Å². The van der Waals surface area contributed by atoms with Crippen molar-refractivity contribution in [1.29, 1.82) is 0 Å². The van der Waals surface area contributed by atoms with Crippen molar-refractivity contribution in [1.82, 2.24) is 19.6 Å². The number of hydrogen-bond acceptors (Lipinski definition) is 3. The van der Waals surface area contributed by atoms with Gasteiger partial charge in [-0.25, -0.2) is 8.78 Å². The summed E-state index contributed by atoms with van der Waals surface area (Å²) < 4.78 is 29.7. The van der Waals surface area contributed by atoms with Crippen molar-refractivity contribution in [3.63, 3.8) is 0 Å². The van der Waals surface area contributed by atoms with Gasteiger partial charge in [0.15, 0.2) is 11.6 Å². The molecule has 4 aromatic rings. The summed E-state index contributed by atoms with van der Waals surface area (Å²) in [4.78, 5) is 29.9. The van der Waals surface area contributed by atoms with Crippen molar-refractivity contribution in [2.75, 3.05) is 13.6 Å². The third kappa shape index (κ3) is 2.80. The lowest BCUT2D eigenvalue weighted by atomic mass is 9.93. The van der Waals surface area contributed by atoms with Crippen molar-refractivity contribution in [2.45, 2.75) is 12.6 Å². The van der Waals surface area contributed by atoms with Gasteiger partial charge in [0.05, 0.1) is 17.0 Å². The first-order valence-electron chi connectivity index (χ1n) is 9.52. The number of H-pyrrole nitrogens is 1. The number of aromatic amines is 1. The molecule has 0 saturated carbocycles. The minimum Gasteiger partial charge on any atom is -0.333 e. The van der Waals surface area contributed by atoms with Gasteiger partial charge in [-0.15, -0.1) is 0 Å². The van der Waals surface area contributed by atoms with Gasteiger partial charge < -0.3 is 19.6 Å². The quantitative estimate of drug-likeness (QED) is 0.536. The standard InChI is InChI=1S/C22H18F2N4O2/c1-27(22(30)12-6-13-4-2-3-5-28(13)11-12)19-10-25-9-18-20(19)14-7-16(23)17(24)8-15(14)21(29)26-18/h2-8,11,19,25H,9-10H2,1H3,(H,26,29). The number of nitrogens with zero attached hydrogens (tertiary/aromatic N) is 2. The molecular weight excluding hydrogens is 390 g/mol. The van der Waals surface area contributed by atoms with Crippen LogP contribution in [0, 0.1) is 11.6 Å². The number of fused-ring (bicyclic) bond motifs is 4. The van der Waals surface area contributed by atoms with E-state index in [1.165, 1.54) is 0 Å². The predicted molar refractivity (Wildman–Crippen MR) is 108 cm³/mol. The number of carbonyl (C=O) groups excluding carboxylic acids is 1. The second kappa shape index (κ2) is 6.77. The van der Waals surface area contributed by atoms with Crippen LogP contribution in [0.2, 0.25) is 0 Å². The van der Waals surface area contributed by atoms with Crippen molar-refractivity contribution in [3.8, 4) is 0 Å². The molecule has 30 heavy (non-hydrogen) atoms. The van der Waals surface area contributed by atoms with E-state index in [9.17, 15) is 18.4 Å². The van der Waals surface area contributed by atoms with Crippen LogP contribution in [-0.2, 0) is 6.54 Å². The monoisotopic (exact) mass is 408 g/mol. The molecule has 0 spiro atoms. The van der Waals surface area contributed by atoms with Crippen LogP contribution >= 0.6 is 0 Å². The van der Waals surface area contributed by atoms with Gasteiger partial charge in [0.2, 0.25) is 0 Å². The number of nitrogens with one attached hydrogen (secondary N) is 2. The van der Waals surface area contributed by atoms with E-state index in [-0.39, 0.29) is 11.3 Å². The summed E-state index contributed by atoms with van der Waals surface area (Å²) in [5, 5.41) is 3.57. The lowest BCUT2D eigenvalue weighted by molar-refractivity contribution is 0.0723. The molecule has 0 bridgehead atoms. The molecule has 1 aromatic carbocycles. The number of likely N-dealkylation sites (N-methyl/N-ethyl adjacent to an activating group) is 1. The van der Waals surface area contributed by atoms with Crippen LogP contribution in [0.25, 0.3) is 16.3 Å². The third-order valence-corrected chi connectivity index (χ3v) is 5.70. The smallest absolute Gasteiger partial charge is 0.256 e. The maximum absolute atomic E-state index is 14.0. The molecule has 1 aliphatic heterocycles. The SMILES string of the molecule is CN(C(=O)c1cc2ccccn2c1)C1CNCc2[nH]c(=O)c3cc(F)c(F)cc3c21. The molecule has 5 rings (SSSR count). The van der Waals surface area contributed by atoms with Gasteiger partial charge >= 0.3 is 0 Å². The summed E-state index contributed by atoms with van der Waals surface area (Å²) in [6.45, 7) is 0.789. The molecule has 2 N–H and O–H groups in total. The summed E-state index contributed by atoms with van der Waals surface area (Å²) in [5.41, 5.74) is 2.11. The average molecular weight is 408 g/mol. The summed E-state index contributed by atoms with van der Waals surface area (Å²) >= 11 is 0. The molecule has 1 atom stereocenters. The fourth-order valence-corrected chi connectivity index (χ4v) is 4.20. The number of aromatic nitrogens is 2. The Kier molecular flexibility index (Phi) is 4.18. The lowest BCUT2D eigenvalue weighted by Crippen LogP contribution is -2.42. The summed E-state index contributed by atoms with van der Waals surface area (Å²) in [7, 11) is 1.67. The highest BCUT2D eigenvalue weighted by Crippen LogP contribution is 2.32. The Morgan fingerprint density at radius 3 is 2.70 bits per heavy atom. The molecule has 152 valence electrons. The van der Waals surface area contributed by atoms with E-state index in [1.807, 2.05) is 28.8 Å². The van der Waals surface area contributed by atoms with Gasteiger partial charge in [-0.2, -0.15) is 0 Å². The Hall–Kier alpha value is -3.52. The van der Waals surface area contributed by atoms with Crippen LogP contribution in [0.3, 0.4) is 0 Å². The molecule has 0 radical (unpaired) electrons. The van der Waals surface area contributed by atoms with Crippen LogP contribution in [0.1, 0.15) is 27.7 Å². The molecule has 1 amide bonds. The fourth-order valence-electron chi connectivity index (χ4n) is 4.20. The van der Waals surface area contributed by atoms with Crippen LogP contribution in [0.5, 0.6) is 0 Å². The zero-order valence-corrected chi connectivity index (χ0v) is 16.1. The number of rotatable bonds is 2. The second-order valence-electron chi connectivity index (χ2n) is 7.48.